The van der Waals surface area contributed by atoms with Gasteiger partial charge in [-0.3, -0.25) is 9.59 Å². The van der Waals surface area contributed by atoms with E-state index in [2.05, 4.69) is 11.4 Å². The van der Waals surface area contributed by atoms with Crippen molar-refractivity contribution in [3.63, 3.8) is 0 Å². The molecule has 5 nitrogen and oxygen atoms in total. The summed E-state index contributed by atoms with van der Waals surface area (Å²) < 4.78 is 0. The van der Waals surface area contributed by atoms with Crippen LogP contribution in [-0.2, 0) is 15.0 Å². The van der Waals surface area contributed by atoms with Crippen LogP contribution in [0.2, 0.25) is 0 Å². The smallest absolute Gasteiger partial charge is 0.237 e. The van der Waals surface area contributed by atoms with Crippen molar-refractivity contribution in [3.05, 3.63) is 29.8 Å². The molecule has 1 spiro atoms. The van der Waals surface area contributed by atoms with Gasteiger partial charge in [0.25, 0.3) is 0 Å². The molecular weight excluding hydrogens is 302 g/mol. The lowest BCUT2D eigenvalue weighted by molar-refractivity contribution is -0.136. The van der Waals surface area contributed by atoms with Crippen LogP contribution < -0.4 is 5.32 Å². The zero-order valence-electron chi connectivity index (χ0n) is 13.6. The van der Waals surface area contributed by atoms with Gasteiger partial charge < -0.3 is 10.2 Å². The molecule has 0 aromatic heterocycles. The van der Waals surface area contributed by atoms with Crippen LogP contribution in [0.15, 0.2) is 24.3 Å². The summed E-state index contributed by atoms with van der Waals surface area (Å²) in [6.45, 7) is 0.323. The van der Waals surface area contributed by atoms with Gasteiger partial charge in [0.1, 0.15) is 6.04 Å². The van der Waals surface area contributed by atoms with Crippen molar-refractivity contribution >= 4 is 17.5 Å². The summed E-state index contributed by atoms with van der Waals surface area (Å²) in [6, 6.07) is 9.37. The minimum atomic E-state index is -0.763. The lowest BCUT2D eigenvalue weighted by atomic mass is 9.80. The van der Waals surface area contributed by atoms with E-state index in [4.69, 9.17) is 0 Å². The lowest BCUT2D eigenvalue weighted by Gasteiger charge is -2.28. The number of para-hydroxylation sites is 1. The van der Waals surface area contributed by atoms with E-state index in [0.29, 0.717) is 13.0 Å². The molecule has 1 saturated carbocycles. The first-order valence-corrected chi connectivity index (χ1v) is 8.77. The maximum Gasteiger partial charge on any atom is 0.237 e. The van der Waals surface area contributed by atoms with Crippen molar-refractivity contribution in [1.29, 1.82) is 5.26 Å². The molecule has 0 bridgehead atoms. The number of hydrogen-bond acceptors (Lipinski definition) is 3. The van der Waals surface area contributed by atoms with Crippen molar-refractivity contribution in [3.8, 4) is 6.07 Å². The van der Waals surface area contributed by atoms with Crippen LogP contribution >= 0.6 is 0 Å². The lowest BCUT2D eigenvalue weighted by Crippen LogP contribution is -2.42. The molecule has 3 aliphatic rings. The van der Waals surface area contributed by atoms with E-state index in [-0.39, 0.29) is 17.7 Å². The predicted molar refractivity (Wildman–Crippen MR) is 89.1 cm³/mol. The Kier molecular flexibility index (Phi) is 3.56. The molecule has 0 radical (unpaired) electrons. The number of nitrogens with one attached hydrogen (secondary N) is 1. The number of amides is 2. The summed E-state index contributed by atoms with van der Waals surface area (Å²) in [5.41, 5.74) is 0.974. The van der Waals surface area contributed by atoms with Gasteiger partial charge in [-0.2, -0.15) is 5.26 Å². The van der Waals surface area contributed by atoms with Gasteiger partial charge in [-0.15, -0.1) is 0 Å². The van der Waals surface area contributed by atoms with Crippen LogP contribution in [-0.4, -0.2) is 29.3 Å². The van der Waals surface area contributed by atoms with Gasteiger partial charge in [0, 0.05) is 24.6 Å². The molecule has 4 rings (SSSR count). The number of benzene rings is 1. The van der Waals surface area contributed by atoms with Crippen molar-refractivity contribution in [2.24, 2.45) is 5.92 Å². The molecular formula is C19H21N3O2. The molecule has 2 atom stereocenters. The Morgan fingerprint density at radius 2 is 2.00 bits per heavy atom. The Labute approximate surface area is 141 Å². The number of carbonyl (C=O) groups excluding carboxylic acids is 2. The average Bonchev–Trinajstić information content (AvgIpc) is 3.15. The van der Waals surface area contributed by atoms with E-state index in [1.165, 1.54) is 6.42 Å². The first-order chi connectivity index (χ1) is 11.7. The standard InChI is InChI=1S/C19H21N3O2/c20-11-14-10-19(15-8-4-5-9-16(15)21-18(19)24)12-22(14)17(23)13-6-2-1-3-7-13/h4-5,8-9,13-14H,1-3,6-7,10,12H2,(H,21,24)/t14-,19-/m0/s1. The number of nitriles is 1. The number of likely N-dealkylation sites (tertiary alicyclic amines) is 1. The van der Waals surface area contributed by atoms with E-state index < -0.39 is 11.5 Å². The van der Waals surface area contributed by atoms with Crippen molar-refractivity contribution in [1.82, 2.24) is 4.90 Å². The summed E-state index contributed by atoms with van der Waals surface area (Å²) in [7, 11) is 0. The van der Waals surface area contributed by atoms with Gasteiger partial charge in [-0.25, -0.2) is 0 Å². The highest BCUT2D eigenvalue weighted by atomic mass is 16.2. The van der Waals surface area contributed by atoms with E-state index in [1.807, 2.05) is 24.3 Å². The van der Waals surface area contributed by atoms with Crippen molar-refractivity contribution in [2.45, 2.75) is 50.0 Å². The number of anilines is 1. The van der Waals surface area contributed by atoms with Crippen LogP contribution in [0.25, 0.3) is 0 Å². The Hall–Kier alpha value is -2.35. The van der Waals surface area contributed by atoms with Crippen molar-refractivity contribution < 1.29 is 9.59 Å². The van der Waals surface area contributed by atoms with E-state index in [0.717, 1.165) is 36.9 Å². The summed E-state index contributed by atoms with van der Waals surface area (Å²) >= 11 is 0. The van der Waals surface area contributed by atoms with E-state index >= 15 is 0 Å². The molecule has 2 fully saturated rings. The molecule has 2 aliphatic heterocycles. The van der Waals surface area contributed by atoms with Crippen molar-refractivity contribution in [2.75, 3.05) is 11.9 Å². The summed E-state index contributed by atoms with van der Waals surface area (Å²) in [6.07, 6.45) is 5.55. The van der Waals surface area contributed by atoms with Crippen LogP contribution in [0.4, 0.5) is 5.69 Å². The number of nitrogens with zero attached hydrogens (tertiary/aromatic N) is 2. The van der Waals surface area contributed by atoms with Gasteiger partial charge in [-0.05, 0) is 24.5 Å². The minimum Gasteiger partial charge on any atom is -0.325 e. The number of carbonyl (C=O) groups is 2. The molecule has 1 N–H and O–H groups in total. The van der Waals surface area contributed by atoms with Crippen LogP contribution in [0.5, 0.6) is 0 Å². The SMILES string of the molecule is N#C[C@@H]1C[C@@]2(CN1C(=O)C1CCCCC1)C(=O)Nc1ccccc12. The third-order valence-corrected chi connectivity index (χ3v) is 5.87. The second-order valence-electron chi connectivity index (χ2n) is 7.23. The first kappa shape index (κ1) is 15.2. The second-order valence-corrected chi connectivity index (χ2v) is 7.23. The first-order valence-electron chi connectivity index (χ1n) is 8.77. The highest BCUT2D eigenvalue weighted by Gasteiger charge is 2.56. The van der Waals surface area contributed by atoms with Gasteiger partial charge >= 0.3 is 0 Å². The van der Waals surface area contributed by atoms with Gasteiger partial charge in [-0.1, -0.05) is 37.5 Å². The molecule has 124 valence electrons. The molecule has 0 unspecified atom stereocenters. The predicted octanol–water partition coefficient (Wildman–Crippen LogP) is 2.58. The number of hydrogen-bond donors (Lipinski definition) is 1. The third kappa shape index (κ3) is 2.13. The second kappa shape index (κ2) is 5.62. The van der Waals surface area contributed by atoms with E-state index in [9.17, 15) is 14.9 Å². The third-order valence-electron chi connectivity index (χ3n) is 5.87. The Balaban J connectivity index is 1.66. The molecule has 1 aromatic carbocycles. The molecule has 1 aliphatic carbocycles. The fourth-order valence-corrected chi connectivity index (χ4v) is 4.57. The average molecular weight is 323 g/mol. The molecule has 2 amide bonds. The number of fused-ring (bicyclic) bond motifs is 2. The quantitative estimate of drug-likeness (QED) is 0.863. The molecule has 2 heterocycles. The summed E-state index contributed by atoms with van der Waals surface area (Å²) in [4.78, 5) is 27.4. The zero-order valence-corrected chi connectivity index (χ0v) is 13.6. The summed E-state index contributed by atoms with van der Waals surface area (Å²) in [5, 5.41) is 12.5. The fourth-order valence-electron chi connectivity index (χ4n) is 4.57. The highest BCUT2D eigenvalue weighted by Crippen LogP contribution is 2.46. The molecule has 1 saturated heterocycles. The Morgan fingerprint density at radius 3 is 2.75 bits per heavy atom. The largest absolute Gasteiger partial charge is 0.325 e. The Bertz CT molecular complexity index is 732. The van der Waals surface area contributed by atoms with Crippen LogP contribution in [0.3, 0.4) is 0 Å². The molecule has 5 heteroatoms. The van der Waals surface area contributed by atoms with Gasteiger partial charge in [0.15, 0.2) is 0 Å². The van der Waals surface area contributed by atoms with Gasteiger partial charge in [0.2, 0.25) is 11.8 Å². The topological polar surface area (TPSA) is 73.2 Å². The zero-order chi connectivity index (χ0) is 16.7. The minimum absolute atomic E-state index is 0.0180. The van der Waals surface area contributed by atoms with E-state index in [1.54, 1.807) is 4.90 Å². The monoisotopic (exact) mass is 323 g/mol. The highest BCUT2D eigenvalue weighted by molar-refractivity contribution is 6.07. The summed E-state index contributed by atoms with van der Waals surface area (Å²) in [5.74, 6) is 0.00246. The van der Waals surface area contributed by atoms with Crippen LogP contribution in [0.1, 0.15) is 44.1 Å². The number of rotatable bonds is 1. The maximum absolute atomic E-state index is 13.0. The van der Waals surface area contributed by atoms with Gasteiger partial charge in [0.05, 0.1) is 11.5 Å². The maximum atomic E-state index is 13.0. The normalized spacial score (nSPS) is 29.4. The molecule has 24 heavy (non-hydrogen) atoms. The Morgan fingerprint density at radius 1 is 1.25 bits per heavy atom. The molecule has 1 aromatic rings. The van der Waals surface area contributed by atoms with Crippen LogP contribution in [0, 0.1) is 17.2 Å². The fraction of sp³-hybridized carbons (Fsp3) is 0.526.